The van der Waals surface area contributed by atoms with E-state index in [0.29, 0.717) is 24.1 Å². The third-order valence-electron chi connectivity index (χ3n) is 5.33. The summed E-state index contributed by atoms with van der Waals surface area (Å²) in [6.07, 6.45) is 0.794. The van der Waals surface area contributed by atoms with Crippen LogP contribution in [-0.2, 0) is 30.8 Å². The molecule has 33 heavy (non-hydrogen) atoms. The number of nitrogens with two attached hydrogens (primary N) is 1. The van der Waals surface area contributed by atoms with Gasteiger partial charge in [0.15, 0.2) is 0 Å². The zero-order valence-corrected chi connectivity index (χ0v) is 18.6. The number of carbonyl (C=O) groups excluding carboxylic acids is 2. The minimum absolute atomic E-state index is 0.00958. The number of hydrogen-bond donors (Lipinski definition) is 4. The van der Waals surface area contributed by atoms with Gasteiger partial charge >= 0.3 is 5.97 Å². The van der Waals surface area contributed by atoms with Crippen LogP contribution in [0.1, 0.15) is 18.4 Å². The van der Waals surface area contributed by atoms with Crippen LogP contribution in [0.2, 0.25) is 0 Å². The fourth-order valence-electron chi connectivity index (χ4n) is 3.66. The number of aliphatic carboxylic acids is 1. The Balaban J connectivity index is 1.70. The van der Waals surface area contributed by atoms with Crippen LogP contribution in [0.3, 0.4) is 0 Å². The van der Waals surface area contributed by atoms with Gasteiger partial charge in [0, 0.05) is 18.7 Å². The van der Waals surface area contributed by atoms with Crippen molar-refractivity contribution in [1.82, 2.24) is 9.62 Å². The van der Waals surface area contributed by atoms with E-state index in [4.69, 9.17) is 5.73 Å². The van der Waals surface area contributed by atoms with E-state index in [-0.39, 0.29) is 30.3 Å². The van der Waals surface area contributed by atoms with Crippen molar-refractivity contribution >= 4 is 33.5 Å². The molecule has 2 aromatic rings. The topological polar surface area (TPSA) is 159 Å². The molecular weight excluding hydrogens is 448 g/mol. The van der Waals surface area contributed by atoms with Crippen molar-refractivity contribution in [2.24, 2.45) is 5.73 Å². The zero-order valence-electron chi connectivity index (χ0n) is 17.8. The molecule has 1 heterocycles. The Hall–Kier alpha value is -3.28. The number of carboxylic acid groups (broad SMARTS) is 1. The number of anilines is 1. The summed E-state index contributed by atoms with van der Waals surface area (Å²) in [7, 11) is -3.88. The number of nitrogens with zero attached hydrogens (tertiary/aromatic N) is 1. The number of nitrogens with one attached hydrogen (secondary N) is 2. The Labute approximate surface area is 191 Å². The first kappa shape index (κ1) is 24.4. The van der Waals surface area contributed by atoms with Crippen LogP contribution in [0, 0.1) is 0 Å². The molecule has 1 aliphatic rings. The van der Waals surface area contributed by atoms with E-state index in [2.05, 4.69) is 10.6 Å². The third kappa shape index (κ3) is 5.95. The van der Waals surface area contributed by atoms with E-state index in [0.717, 1.165) is 4.31 Å². The molecule has 1 aliphatic heterocycles. The van der Waals surface area contributed by atoms with Crippen LogP contribution in [0.5, 0.6) is 0 Å². The lowest BCUT2D eigenvalue weighted by Crippen LogP contribution is -2.51. The quantitative estimate of drug-likeness (QED) is 0.413. The Morgan fingerprint density at radius 2 is 1.76 bits per heavy atom. The van der Waals surface area contributed by atoms with Gasteiger partial charge in [-0.1, -0.05) is 30.3 Å². The minimum Gasteiger partial charge on any atom is -0.480 e. The van der Waals surface area contributed by atoms with Gasteiger partial charge in [0.1, 0.15) is 12.1 Å². The van der Waals surface area contributed by atoms with Gasteiger partial charge in [-0.25, -0.2) is 13.2 Å². The second-order valence-electron chi connectivity index (χ2n) is 7.64. The van der Waals surface area contributed by atoms with Crippen molar-refractivity contribution in [2.45, 2.75) is 36.2 Å². The number of sulfonamides is 1. The van der Waals surface area contributed by atoms with Crippen molar-refractivity contribution in [3.63, 3.8) is 0 Å². The molecule has 0 aliphatic carbocycles. The maximum absolute atomic E-state index is 13.0. The lowest BCUT2D eigenvalue weighted by Gasteiger charge is -2.25. The second-order valence-corrected chi connectivity index (χ2v) is 9.53. The molecule has 0 aromatic heterocycles. The Morgan fingerprint density at radius 1 is 1.09 bits per heavy atom. The molecule has 2 aromatic carbocycles. The largest absolute Gasteiger partial charge is 0.480 e. The van der Waals surface area contributed by atoms with Gasteiger partial charge in [-0.2, -0.15) is 4.31 Å². The summed E-state index contributed by atoms with van der Waals surface area (Å²) in [5, 5.41) is 14.7. The maximum Gasteiger partial charge on any atom is 0.326 e. The maximum atomic E-state index is 13.0. The number of carboxylic acids is 1. The highest BCUT2D eigenvalue weighted by atomic mass is 32.2. The molecule has 1 saturated heterocycles. The van der Waals surface area contributed by atoms with Gasteiger partial charge in [0.25, 0.3) is 0 Å². The molecule has 3 rings (SSSR count). The van der Waals surface area contributed by atoms with E-state index in [1.807, 2.05) is 0 Å². The normalized spacial score (nSPS) is 17.3. The first-order valence-electron chi connectivity index (χ1n) is 10.4. The molecule has 5 N–H and O–H groups in total. The molecule has 0 radical (unpaired) electrons. The molecule has 0 saturated carbocycles. The molecule has 0 bridgehead atoms. The van der Waals surface area contributed by atoms with Crippen LogP contribution in [-0.4, -0.2) is 60.8 Å². The summed E-state index contributed by atoms with van der Waals surface area (Å²) < 4.78 is 27.1. The van der Waals surface area contributed by atoms with Gasteiger partial charge in [0.2, 0.25) is 21.8 Å². The molecule has 176 valence electrons. The molecule has 1 fully saturated rings. The monoisotopic (exact) mass is 474 g/mol. The molecule has 2 atom stereocenters. The van der Waals surface area contributed by atoms with Crippen molar-refractivity contribution in [3.05, 3.63) is 60.2 Å². The Morgan fingerprint density at radius 3 is 2.36 bits per heavy atom. The predicted molar refractivity (Wildman–Crippen MR) is 121 cm³/mol. The summed E-state index contributed by atoms with van der Waals surface area (Å²) in [6, 6.07) is 12.1. The summed E-state index contributed by atoms with van der Waals surface area (Å²) in [5.41, 5.74) is 6.39. The van der Waals surface area contributed by atoms with Crippen LogP contribution < -0.4 is 16.4 Å². The van der Waals surface area contributed by atoms with Crippen molar-refractivity contribution < 1.29 is 27.9 Å². The summed E-state index contributed by atoms with van der Waals surface area (Å²) in [5.74, 6) is -2.24. The van der Waals surface area contributed by atoms with E-state index < -0.39 is 34.0 Å². The van der Waals surface area contributed by atoms with Gasteiger partial charge in [-0.15, -0.1) is 0 Å². The fourth-order valence-corrected chi connectivity index (χ4v) is 5.34. The molecule has 0 spiro atoms. The molecule has 2 unspecified atom stereocenters. The van der Waals surface area contributed by atoms with E-state index >= 15 is 0 Å². The minimum atomic E-state index is -3.88. The Bertz CT molecular complexity index is 1110. The number of carbonyl (C=O) groups is 3. The number of hydrogen-bond acceptors (Lipinski definition) is 6. The van der Waals surface area contributed by atoms with Crippen molar-refractivity contribution in [2.75, 3.05) is 18.4 Å². The van der Waals surface area contributed by atoms with Crippen LogP contribution in [0.25, 0.3) is 0 Å². The van der Waals surface area contributed by atoms with E-state index in [1.54, 1.807) is 42.5 Å². The molecular formula is C22H26N4O6S. The predicted octanol–water partition coefficient (Wildman–Crippen LogP) is 0.549. The van der Waals surface area contributed by atoms with E-state index in [1.165, 1.54) is 12.1 Å². The standard InChI is InChI=1S/C22H26N4O6S/c23-14-20(27)24-16-10-8-15(9-11-16)13-18(22(29)30)25-21(28)19-7-4-12-26(19)33(31,32)17-5-2-1-3-6-17/h1-3,5-6,8-11,18-19H,4,7,12-14,23H2,(H,24,27)(H,25,28)(H,29,30). The summed E-state index contributed by atoms with van der Waals surface area (Å²) in [6.45, 7) is 0.0239. The summed E-state index contributed by atoms with van der Waals surface area (Å²) >= 11 is 0. The number of amides is 2. The highest BCUT2D eigenvalue weighted by Gasteiger charge is 2.40. The smallest absolute Gasteiger partial charge is 0.326 e. The average molecular weight is 475 g/mol. The Kier molecular flexibility index (Phi) is 7.79. The lowest BCUT2D eigenvalue weighted by atomic mass is 10.0. The number of benzene rings is 2. The SMILES string of the molecule is NCC(=O)Nc1ccc(CC(NC(=O)C2CCCN2S(=O)(=O)c2ccccc2)C(=O)O)cc1. The van der Waals surface area contributed by atoms with Crippen molar-refractivity contribution in [1.29, 1.82) is 0 Å². The third-order valence-corrected chi connectivity index (χ3v) is 7.26. The zero-order chi connectivity index (χ0) is 24.0. The first-order chi connectivity index (χ1) is 15.7. The highest BCUT2D eigenvalue weighted by Crippen LogP contribution is 2.26. The van der Waals surface area contributed by atoms with Crippen LogP contribution >= 0.6 is 0 Å². The second kappa shape index (κ2) is 10.6. The van der Waals surface area contributed by atoms with Gasteiger partial charge in [0.05, 0.1) is 11.4 Å². The van der Waals surface area contributed by atoms with E-state index in [9.17, 15) is 27.9 Å². The average Bonchev–Trinajstić information content (AvgIpc) is 3.31. The fraction of sp³-hybridized carbons (Fsp3) is 0.318. The van der Waals surface area contributed by atoms with Crippen molar-refractivity contribution in [3.8, 4) is 0 Å². The lowest BCUT2D eigenvalue weighted by molar-refractivity contribution is -0.142. The molecule has 2 amide bonds. The van der Waals surface area contributed by atoms with Crippen LogP contribution in [0.15, 0.2) is 59.5 Å². The number of rotatable bonds is 9. The van der Waals surface area contributed by atoms with Crippen LogP contribution in [0.4, 0.5) is 5.69 Å². The summed E-state index contributed by atoms with van der Waals surface area (Å²) in [4.78, 5) is 36.1. The van der Waals surface area contributed by atoms with Gasteiger partial charge in [-0.3, -0.25) is 9.59 Å². The van der Waals surface area contributed by atoms with Gasteiger partial charge < -0.3 is 21.5 Å². The molecule has 10 nitrogen and oxygen atoms in total. The highest BCUT2D eigenvalue weighted by molar-refractivity contribution is 7.89. The van der Waals surface area contributed by atoms with Gasteiger partial charge in [-0.05, 0) is 42.7 Å². The molecule has 11 heteroatoms. The first-order valence-corrected chi connectivity index (χ1v) is 11.9.